The molecule has 1 rings (SSSR count). The van der Waals surface area contributed by atoms with Crippen LogP contribution in [0, 0.1) is 0 Å². The average molecular weight is 357 g/mol. The van der Waals surface area contributed by atoms with E-state index in [2.05, 4.69) is 33.9 Å². The lowest BCUT2D eigenvalue weighted by Crippen LogP contribution is -2.44. The van der Waals surface area contributed by atoms with Crippen LogP contribution in [-0.4, -0.2) is 32.7 Å². The lowest BCUT2D eigenvalue weighted by molar-refractivity contribution is -0.148. The molecule has 0 saturated heterocycles. The molecule has 0 aromatic rings. The number of hydrogen-bond donors (Lipinski definition) is 0. The van der Waals surface area contributed by atoms with Crippen LogP contribution in [0.3, 0.4) is 0 Å². The highest BCUT2D eigenvalue weighted by Crippen LogP contribution is 2.39. The summed E-state index contributed by atoms with van der Waals surface area (Å²) in [4.78, 5) is 12.1. The Balaban J connectivity index is 2.92. The number of hydrogen-bond acceptors (Lipinski definition) is 3. The first-order valence-electron chi connectivity index (χ1n) is 8.62. The van der Waals surface area contributed by atoms with Gasteiger partial charge in [-0.2, -0.15) is 0 Å². The van der Waals surface area contributed by atoms with Crippen molar-refractivity contribution in [3.63, 3.8) is 0 Å². The minimum Gasteiger partial charge on any atom is -0.457 e. The van der Waals surface area contributed by atoms with Gasteiger partial charge >= 0.3 is 5.97 Å². The molecule has 3 nitrogen and oxygen atoms in total. The SMILES string of the molecule is CC(C)(C)OC(=O)/C=C1\C[C@@H](O[Si](C)(C)C(C)(C)C)CC=C1CF. The monoisotopic (exact) mass is 356 g/mol. The third kappa shape index (κ3) is 6.17. The third-order valence-electron chi connectivity index (χ3n) is 4.60. The Labute approximate surface area is 147 Å². The van der Waals surface area contributed by atoms with Gasteiger partial charge in [-0.05, 0) is 62.9 Å². The Kier molecular flexibility index (Phi) is 6.61. The van der Waals surface area contributed by atoms with Gasteiger partial charge in [-0.3, -0.25) is 0 Å². The molecule has 0 aromatic heterocycles. The van der Waals surface area contributed by atoms with Gasteiger partial charge in [-0.1, -0.05) is 26.8 Å². The minimum absolute atomic E-state index is 0.00474. The number of allylic oxidation sites excluding steroid dienone is 1. The van der Waals surface area contributed by atoms with Crippen molar-refractivity contribution < 1.29 is 18.3 Å². The first-order valence-corrected chi connectivity index (χ1v) is 11.5. The molecule has 0 fully saturated rings. The molecule has 0 N–H and O–H groups in total. The van der Waals surface area contributed by atoms with Crippen LogP contribution in [0.25, 0.3) is 0 Å². The second kappa shape index (κ2) is 7.52. The van der Waals surface area contributed by atoms with E-state index >= 15 is 0 Å². The van der Waals surface area contributed by atoms with Crippen LogP contribution in [0.15, 0.2) is 23.3 Å². The normalized spacial score (nSPS) is 21.6. The van der Waals surface area contributed by atoms with E-state index in [-0.39, 0.29) is 11.1 Å². The summed E-state index contributed by atoms with van der Waals surface area (Å²) in [5.74, 6) is -0.426. The van der Waals surface area contributed by atoms with Gasteiger partial charge in [0, 0.05) is 6.08 Å². The molecular formula is C19H33FO3Si. The van der Waals surface area contributed by atoms with Gasteiger partial charge in [0.05, 0.1) is 6.10 Å². The number of carbonyl (C=O) groups excluding carboxylic acids is 1. The molecule has 138 valence electrons. The van der Waals surface area contributed by atoms with E-state index < -0.39 is 26.6 Å². The molecule has 0 spiro atoms. The van der Waals surface area contributed by atoms with E-state index in [4.69, 9.17) is 9.16 Å². The van der Waals surface area contributed by atoms with E-state index in [1.54, 1.807) is 0 Å². The van der Waals surface area contributed by atoms with Crippen LogP contribution in [0.1, 0.15) is 54.4 Å². The van der Waals surface area contributed by atoms with Crippen LogP contribution < -0.4 is 0 Å². The lowest BCUT2D eigenvalue weighted by atomic mass is 9.92. The van der Waals surface area contributed by atoms with Gasteiger partial charge in [0.2, 0.25) is 0 Å². The Morgan fingerprint density at radius 2 is 1.88 bits per heavy atom. The summed E-state index contributed by atoms with van der Waals surface area (Å²) in [5, 5.41) is 0.117. The van der Waals surface area contributed by atoms with Crippen LogP contribution >= 0.6 is 0 Å². The van der Waals surface area contributed by atoms with Crippen molar-refractivity contribution in [1.82, 2.24) is 0 Å². The maximum Gasteiger partial charge on any atom is 0.331 e. The topological polar surface area (TPSA) is 35.5 Å². The van der Waals surface area contributed by atoms with Crippen LogP contribution in [0.5, 0.6) is 0 Å². The standard InChI is InChI=1S/C19H33FO3Si/c1-18(2,3)22-17(21)12-15-11-16(10-9-14(15)13-20)23-24(7,8)19(4,5)6/h9,12,16H,10-11,13H2,1-8H3/b15-12+/t16-/m0/s1. The number of halogens is 1. The molecule has 0 saturated carbocycles. The highest BCUT2D eigenvalue weighted by molar-refractivity contribution is 6.74. The van der Waals surface area contributed by atoms with Crippen molar-refractivity contribution in [3.8, 4) is 0 Å². The molecular weight excluding hydrogens is 323 g/mol. The zero-order valence-electron chi connectivity index (χ0n) is 16.5. The number of ether oxygens (including phenoxy) is 1. The number of esters is 1. The Hall–Kier alpha value is -0.943. The highest BCUT2D eigenvalue weighted by Gasteiger charge is 2.39. The van der Waals surface area contributed by atoms with Gasteiger partial charge in [0.15, 0.2) is 8.32 Å². The van der Waals surface area contributed by atoms with Gasteiger partial charge in [-0.25, -0.2) is 9.18 Å². The summed E-state index contributed by atoms with van der Waals surface area (Å²) < 4.78 is 25.0. The van der Waals surface area contributed by atoms with Crippen molar-refractivity contribution in [2.24, 2.45) is 0 Å². The van der Waals surface area contributed by atoms with Crippen LogP contribution in [0.2, 0.25) is 18.1 Å². The fraction of sp³-hybridized carbons (Fsp3) is 0.737. The average Bonchev–Trinajstić information content (AvgIpc) is 2.34. The van der Waals surface area contributed by atoms with Gasteiger partial charge in [0.1, 0.15) is 12.3 Å². The van der Waals surface area contributed by atoms with Crippen molar-refractivity contribution in [2.75, 3.05) is 6.67 Å². The molecule has 1 atom stereocenters. The van der Waals surface area contributed by atoms with Crippen molar-refractivity contribution in [1.29, 1.82) is 0 Å². The Morgan fingerprint density at radius 1 is 1.29 bits per heavy atom. The zero-order valence-corrected chi connectivity index (χ0v) is 17.5. The van der Waals surface area contributed by atoms with E-state index in [0.717, 1.165) is 0 Å². The highest BCUT2D eigenvalue weighted by atomic mass is 28.4. The first-order chi connectivity index (χ1) is 10.7. The Morgan fingerprint density at radius 3 is 2.33 bits per heavy atom. The molecule has 1 aliphatic rings. The molecule has 0 unspecified atom stereocenters. The molecule has 0 heterocycles. The summed E-state index contributed by atoms with van der Waals surface area (Å²) in [6.07, 6.45) is 4.53. The predicted octanol–water partition coefficient (Wildman–Crippen LogP) is 5.33. The molecule has 24 heavy (non-hydrogen) atoms. The zero-order chi connectivity index (χ0) is 18.8. The van der Waals surface area contributed by atoms with Crippen LogP contribution in [-0.2, 0) is 14.0 Å². The summed E-state index contributed by atoms with van der Waals surface area (Å²) in [6, 6.07) is 0. The van der Waals surface area contributed by atoms with Gasteiger partial charge in [0.25, 0.3) is 0 Å². The quantitative estimate of drug-likeness (QED) is 0.388. The minimum atomic E-state index is -1.90. The second-order valence-corrected chi connectivity index (χ2v) is 13.8. The second-order valence-electron chi connectivity index (χ2n) is 9.01. The maximum atomic E-state index is 13.3. The predicted molar refractivity (Wildman–Crippen MR) is 99.3 cm³/mol. The molecule has 0 amide bonds. The first kappa shape index (κ1) is 21.1. The molecule has 0 bridgehead atoms. The fourth-order valence-corrected chi connectivity index (χ4v) is 3.68. The van der Waals surface area contributed by atoms with Crippen LogP contribution in [0.4, 0.5) is 4.39 Å². The smallest absolute Gasteiger partial charge is 0.331 e. The Bertz CT molecular complexity index is 522. The molecule has 0 radical (unpaired) electrons. The van der Waals surface area contributed by atoms with Crippen molar-refractivity contribution >= 4 is 14.3 Å². The van der Waals surface area contributed by atoms with Crippen molar-refractivity contribution in [3.05, 3.63) is 23.3 Å². The van der Waals surface area contributed by atoms with Crippen molar-refractivity contribution in [2.45, 2.75) is 84.2 Å². The fourth-order valence-electron chi connectivity index (χ4n) is 2.31. The van der Waals surface area contributed by atoms with E-state index in [9.17, 15) is 9.18 Å². The number of rotatable bonds is 4. The van der Waals surface area contributed by atoms with Gasteiger partial charge in [-0.15, -0.1) is 0 Å². The largest absolute Gasteiger partial charge is 0.457 e. The summed E-state index contributed by atoms with van der Waals surface area (Å²) >= 11 is 0. The molecule has 0 aliphatic heterocycles. The van der Waals surface area contributed by atoms with E-state index in [1.807, 2.05) is 26.8 Å². The third-order valence-corrected chi connectivity index (χ3v) is 9.13. The molecule has 0 aromatic carbocycles. The molecule has 5 heteroatoms. The lowest BCUT2D eigenvalue weighted by Gasteiger charge is -2.40. The summed E-state index contributed by atoms with van der Waals surface area (Å²) in [7, 11) is -1.90. The number of alkyl halides is 1. The number of carbonyl (C=O) groups is 1. The van der Waals surface area contributed by atoms with E-state index in [0.29, 0.717) is 24.0 Å². The maximum absolute atomic E-state index is 13.3. The summed E-state index contributed by atoms with van der Waals surface area (Å²) in [6.45, 7) is 15.9. The molecule has 1 aliphatic carbocycles. The summed E-state index contributed by atoms with van der Waals surface area (Å²) in [5.41, 5.74) is 0.719. The van der Waals surface area contributed by atoms with E-state index in [1.165, 1.54) is 6.08 Å². The van der Waals surface area contributed by atoms with Gasteiger partial charge < -0.3 is 9.16 Å².